The molecular weight excluding hydrogens is 420 g/mol. The van der Waals surface area contributed by atoms with Crippen molar-refractivity contribution >= 4 is 51.7 Å². The molecule has 0 saturated heterocycles. The van der Waals surface area contributed by atoms with Gasteiger partial charge in [-0.25, -0.2) is 9.79 Å². The number of allylic oxidation sites excluding steroid dienone is 1. The first-order valence-electron chi connectivity index (χ1n) is 10.5. The van der Waals surface area contributed by atoms with Gasteiger partial charge in [-0.1, -0.05) is 36.4 Å². The van der Waals surface area contributed by atoms with E-state index in [2.05, 4.69) is 20.3 Å². The number of rotatable bonds is 6. The van der Waals surface area contributed by atoms with E-state index in [4.69, 9.17) is 0 Å². The second-order valence-electron chi connectivity index (χ2n) is 8.03. The molecule has 1 unspecified atom stereocenters. The van der Waals surface area contributed by atoms with E-state index in [1.807, 2.05) is 42.5 Å². The van der Waals surface area contributed by atoms with Crippen LogP contribution in [-0.2, 0) is 20.8 Å². The minimum atomic E-state index is -1.95. The van der Waals surface area contributed by atoms with Gasteiger partial charge in [0.1, 0.15) is 6.04 Å². The van der Waals surface area contributed by atoms with Crippen LogP contribution in [0.25, 0.3) is 16.5 Å². The van der Waals surface area contributed by atoms with Gasteiger partial charge in [-0.3, -0.25) is 14.6 Å². The zero-order valence-corrected chi connectivity index (χ0v) is 17.7. The molecule has 2 atom stereocenters. The van der Waals surface area contributed by atoms with Crippen molar-refractivity contribution in [3.63, 3.8) is 0 Å². The Hall–Kier alpha value is -4.33. The molecule has 0 spiro atoms. The SMILES string of the molecule is CC(=O)C1(C(=O)N[C@@H](Cc2c[nH]c3ccccc23)C(=O)O)N=CC=C2C1=Nc1ccccc12. The summed E-state index contributed by atoms with van der Waals surface area (Å²) in [5, 5.41) is 13.3. The summed E-state index contributed by atoms with van der Waals surface area (Å²) in [7, 11) is 0. The predicted molar refractivity (Wildman–Crippen MR) is 125 cm³/mol. The molecule has 33 heavy (non-hydrogen) atoms. The predicted octanol–water partition coefficient (Wildman–Crippen LogP) is 2.86. The van der Waals surface area contributed by atoms with E-state index in [-0.39, 0.29) is 12.1 Å². The molecule has 0 bridgehead atoms. The van der Waals surface area contributed by atoms with Crippen LogP contribution in [0.15, 0.2) is 70.8 Å². The summed E-state index contributed by atoms with van der Waals surface area (Å²) in [6.45, 7) is 1.26. The maximum absolute atomic E-state index is 13.5. The fraction of sp³-hybridized carbons (Fsp3) is 0.160. The third-order valence-electron chi connectivity index (χ3n) is 6.07. The Labute approximate surface area is 188 Å². The van der Waals surface area contributed by atoms with E-state index < -0.39 is 29.2 Å². The number of nitrogens with zero attached hydrogens (tertiary/aromatic N) is 2. The number of benzene rings is 2. The highest BCUT2D eigenvalue weighted by Crippen LogP contribution is 2.41. The molecule has 0 fully saturated rings. The Balaban J connectivity index is 1.49. The van der Waals surface area contributed by atoms with Gasteiger partial charge in [0.25, 0.3) is 5.91 Å². The topological polar surface area (TPSA) is 124 Å². The number of aromatic nitrogens is 1. The van der Waals surface area contributed by atoms with E-state index in [0.717, 1.165) is 22.0 Å². The smallest absolute Gasteiger partial charge is 0.326 e. The van der Waals surface area contributed by atoms with Crippen molar-refractivity contribution in [2.24, 2.45) is 9.98 Å². The largest absolute Gasteiger partial charge is 0.480 e. The number of hydrogen-bond donors (Lipinski definition) is 3. The van der Waals surface area contributed by atoms with E-state index >= 15 is 0 Å². The highest BCUT2D eigenvalue weighted by Gasteiger charge is 2.52. The number of carboxylic acid groups (broad SMARTS) is 1. The van der Waals surface area contributed by atoms with Crippen molar-refractivity contribution in [2.75, 3.05) is 0 Å². The molecule has 0 saturated carbocycles. The number of H-pyrrole nitrogens is 1. The number of aliphatic carboxylic acids is 1. The highest BCUT2D eigenvalue weighted by atomic mass is 16.4. The average Bonchev–Trinajstić information content (AvgIpc) is 3.39. The van der Waals surface area contributed by atoms with Gasteiger partial charge in [-0.2, -0.15) is 0 Å². The number of aliphatic imine (C=N–C) groups is 2. The van der Waals surface area contributed by atoms with Crippen LogP contribution in [0.2, 0.25) is 0 Å². The molecule has 3 N–H and O–H groups in total. The number of hydrogen-bond acceptors (Lipinski definition) is 5. The Morgan fingerprint density at radius 1 is 1.12 bits per heavy atom. The van der Waals surface area contributed by atoms with Gasteiger partial charge in [0.2, 0.25) is 5.54 Å². The van der Waals surface area contributed by atoms with Gasteiger partial charge >= 0.3 is 5.97 Å². The van der Waals surface area contributed by atoms with Crippen LogP contribution in [-0.4, -0.2) is 51.3 Å². The van der Waals surface area contributed by atoms with Crippen molar-refractivity contribution in [3.05, 3.63) is 71.9 Å². The van der Waals surface area contributed by atoms with Crippen LogP contribution in [0.3, 0.4) is 0 Å². The molecule has 2 aromatic carbocycles. The fourth-order valence-corrected chi connectivity index (χ4v) is 4.40. The van der Waals surface area contributed by atoms with Crippen molar-refractivity contribution < 1.29 is 19.5 Å². The monoisotopic (exact) mass is 440 g/mol. The molecule has 164 valence electrons. The van der Waals surface area contributed by atoms with Crippen LogP contribution in [0.5, 0.6) is 0 Å². The number of carbonyl (C=O) groups excluding carboxylic acids is 2. The molecule has 2 aliphatic heterocycles. The summed E-state index contributed by atoms with van der Waals surface area (Å²) in [5.74, 6) is -2.56. The van der Waals surface area contributed by atoms with Gasteiger partial charge in [0.15, 0.2) is 5.78 Å². The normalized spacial score (nSPS) is 19.3. The molecule has 1 amide bonds. The van der Waals surface area contributed by atoms with Crippen LogP contribution < -0.4 is 5.32 Å². The van der Waals surface area contributed by atoms with Crippen molar-refractivity contribution in [1.82, 2.24) is 10.3 Å². The summed E-state index contributed by atoms with van der Waals surface area (Å²) in [6, 6.07) is 13.6. The van der Waals surface area contributed by atoms with Crippen LogP contribution >= 0.6 is 0 Å². The highest BCUT2D eigenvalue weighted by molar-refractivity contribution is 6.48. The lowest BCUT2D eigenvalue weighted by Crippen LogP contribution is -2.60. The third-order valence-corrected chi connectivity index (χ3v) is 6.07. The molecule has 1 aromatic heterocycles. The standard InChI is InChI=1S/C25H20N4O4/c1-14(30)25(22-18(10-11-27-25)17-7-3-5-9-20(17)28-22)24(33)29-21(23(31)32)12-15-13-26-19-8-4-2-6-16(15)19/h2-11,13,21,26H,12H2,1H3,(H,29,33)(H,31,32)/t21-,25?/m0/s1. The summed E-state index contributed by atoms with van der Waals surface area (Å²) in [4.78, 5) is 50.4. The second kappa shape index (κ2) is 7.67. The number of nitrogens with one attached hydrogen (secondary N) is 2. The molecule has 5 rings (SSSR count). The summed E-state index contributed by atoms with van der Waals surface area (Å²) in [5.41, 5.74) is 1.95. The number of Topliss-reactive ketones (excluding diaryl/α,β-unsaturated/α-hetero) is 1. The van der Waals surface area contributed by atoms with Crippen LogP contribution in [0, 0.1) is 0 Å². The summed E-state index contributed by atoms with van der Waals surface area (Å²) >= 11 is 0. The Morgan fingerprint density at radius 3 is 2.67 bits per heavy atom. The van der Waals surface area contributed by atoms with E-state index in [0.29, 0.717) is 11.3 Å². The Bertz CT molecular complexity index is 1410. The van der Waals surface area contributed by atoms with Crippen molar-refractivity contribution in [1.29, 1.82) is 0 Å². The number of carbonyl (C=O) groups is 3. The molecule has 2 aliphatic rings. The van der Waals surface area contributed by atoms with Gasteiger partial charge in [0.05, 0.1) is 11.4 Å². The molecular formula is C25H20N4O4. The number of dihydropyridines is 1. The van der Waals surface area contributed by atoms with Crippen molar-refractivity contribution in [2.45, 2.75) is 24.9 Å². The van der Waals surface area contributed by atoms with Gasteiger partial charge in [-0.15, -0.1) is 0 Å². The number of amides is 1. The lowest BCUT2D eigenvalue weighted by molar-refractivity contribution is -0.143. The fourth-order valence-electron chi connectivity index (χ4n) is 4.40. The average molecular weight is 440 g/mol. The van der Waals surface area contributed by atoms with E-state index in [9.17, 15) is 19.5 Å². The van der Waals surface area contributed by atoms with Gasteiger partial charge < -0.3 is 15.4 Å². The summed E-state index contributed by atoms with van der Waals surface area (Å²) < 4.78 is 0. The molecule has 8 heteroatoms. The zero-order chi connectivity index (χ0) is 23.2. The Morgan fingerprint density at radius 2 is 1.88 bits per heavy atom. The van der Waals surface area contributed by atoms with Crippen LogP contribution in [0.4, 0.5) is 5.69 Å². The van der Waals surface area contributed by atoms with Gasteiger partial charge in [-0.05, 0) is 30.7 Å². The molecule has 0 radical (unpaired) electrons. The zero-order valence-electron chi connectivity index (χ0n) is 17.7. The van der Waals surface area contributed by atoms with E-state index in [1.165, 1.54) is 13.1 Å². The minimum absolute atomic E-state index is 0.0399. The molecule has 8 nitrogen and oxygen atoms in total. The number of para-hydroxylation sites is 2. The lowest BCUT2D eigenvalue weighted by atomic mass is 9.81. The number of carboxylic acids is 1. The molecule has 3 heterocycles. The first-order chi connectivity index (χ1) is 15.9. The molecule has 0 aliphatic carbocycles. The third kappa shape index (κ3) is 3.18. The Kier molecular flexibility index (Phi) is 4.78. The number of ketones is 1. The maximum atomic E-state index is 13.5. The maximum Gasteiger partial charge on any atom is 0.326 e. The van der Waals surface area contributed by atoms with Crippen molar-refractivity contribution in [3.8, 4) is 0 Å². The summed E-state index contributed by atoms with van der Waals surface area (Å²) in [6.07, 6.45) is 4.88. The lowest BCUT2D eigenvalue weighted by Gasteiger charge is -2.30. The first-order valence-corrected chi connectivity index (χ1v) is 10.5. The minimum Gasteiger partial charge on any atom is -0.480 e. The quantitative estimate of drug-likeness (QED) is 0.510. The number of aromatic amines is 1. The van der Waals surface area contributed by atoms with Crippen LogP contribution in [0.1, 0.15) is 18.1 Å². The first kappa shape index (κ1) is 20.6. The van der Waals surface area contributed by atoms with Gasteiger partial charge in [0, 0.05) is 40.9 Å². The van der Waals surface area contributed by atoms with E-state index in [1.54, 1.807) is 18.3 Å². The second-order valence-corrected chi connectivity index (χ2v) is 8.03. The number of fused-ring (bicyclic) bond motifs is 4. The molecule has 3 aromatic rings.